The summed E-state index contributed by atoms with van der Waals surface area (Å²) in [5.74, 6) is 0.198. The zero-order valence-electron chi connectivity index (χ0n) is 11.5. The van der Waals surface area contributed by atoms with Gasteiger partial charge in [-0.1, -0.05) is 23.7 Å². The summed E-state index contributed by atoms with van der Waals surface area (Å²) in [6.07, 6.45) is 3.05. The van der Waals surface area contributed by atoms with Crippen LogP contribution in [0.3, 0.4) is 0 Å². The van der Waals surface area contributed by atoms with Gasteiger partial charge >= 0.3 is 0 Å². The second kappa shape index (κ2) is 6.43. The van der Waals surface area contributed by atoms with E-state index in [2.05, 4.69) is 0 Å². The van der Waals surface area contributed by atoms with Gasteiger partial charge in [-0.3, -0.25) is 0 Å². The lowest BCUT2D eigenvalue weighted by molar-refractivity contribution is 0.123. The molecule has 1 aliphatic rings. The molecule has 0 amide bonds. The molecule has 20 heavy (non-hydrogen) atoms. The molecule has 0 bridgehead atoms. The number of aliphatic hydroxyl groups excluding tert-OH is 1. The molecular weight excluding hydrogens is 298 g/mol. The number of sulfonamides is 1. The van der Waals surface area contributed by atoms with Crippen molar-refractivity contribution in [3.8, 4) is 0 Å². The Balaban J connectivity index is 1.97. The maximum absolute atomic E-state index is 11.6. The molecule has 0 aromatic heterocycles. The fourth-order valence-corrected chi connectivity index (χ4v) is 3.73. The molecule has 2 atom stereocenters. The maximum atomic E-state index is 11.6. The predicted octanol–water partition coefficient (Wildman–Crippen LogP) is 2.44. The average molecular weight is 318 g/mol. The molecule has 2 unspecified atom stereocenters. The van der Waals surface area contributed by atoms with Crippen LogP contribution in [0.4, 0.5) is 0 Å². The van der Waals surface area contributed by atoms with Crippen molar-refractivity contribution >= 4 is 21.6 Å². The van der Waals surface area contributed by atoms with E-state index in [4.69, 9.17) is 11.6 Å². The summed E-state index contributed by atoms with van der Waals surface area (Å²) in [5.41, 5.74) is 0.825. The molecule has 1 aromatic carbocycles. The minimum atomic E-state index is -3.13. The lowest BCUT2D eigenvalue weighted by Gasteiger charge is -2.32. The number of hydrogen-bond acceptors (Lipinski definition) is 3. The van der Waals surface area contributed by atoms with E-state index >= 15 is 0 Å². The molecule has 1 fully saturated rings. The van der Waals surface area contributed by atoms with E-state index in [9.17, 15) is 13.5 Å². The molecule has 6 heteroatoms. The molecule has 4 nitrogen and oxygen atoms in total. The van der Waals surface area contributed by atoms with Gasteiger partial charge in [0.25, 0.3) is 0 Å². The highest BCUT2D eigenvalue weighted by atomic mass is 35.5. The molecule has 1 saturated heterocycles. The standard InChI is InChI=1S/C14H20ClNO3S/c1-20(18,19)16-8-2-3-11(10-16)9-14(17)12-4-6-13(15)7-5-12/h4-7,11,14,17H,2-3,8-10H2,1H3. The normalized spacial score (nSPS) is 22.6. The number of rotatable bonds is 4. The van der Waals surface area contributed by atoms with Crippen molar-refractivity contribution in [3.05, 3.63) is 34.9 Å². The van der Waals surface area contributed by atoms with E-state index < -0.39 is 16.1 Å². The molecule has 0 saturated carbocycles. The smallest absolute Gasteiger partial charge is 0.211 e. The van der Waals surface area contributed by atoms with E-state index in [1.165, 1.54) is 10.6 Å². The Hall–Kier alpha value is -0.620. The monoisotopic (exact) mass is 317 g/mol. The second-order valence-electron chi connectivity index (χ2n) is 5.43. The van der Waals surface area contributed by atoms with Crippen LogP contribution in [0.15, 0.2) is 24.3 Å². The van der Waals surface area contributed by atoms with Crippen LogP contribution in [0.1, 0.15) is 30.9 Å². The van der Waals surface area contributed by atoms with Crippen molar-refractivity contribution < 1.29 is 13.5 Å². The third kappa shape index (κ3) is 4.19. The first-order chi connectivity index (χ1) is 9.36. The van der Waals surface area contributed by atoms with Crippen LogP contribution >= 0.6 is 11.6 Å². The highest BCUT2D eigenvalue weighted by Crippen LogP contribution is 2.28. The summed E-state index contributed by atoms with van der Waals surface area (Å²) in [6, 6.07) is 7.13. The van der Waals surface area contributed by atoms with Gasteiger partial charge in [0.15, 0.2) is 0 Å². The van der Waals surface area contributed by atoms with Gasteiger partial charge in [0, 0.05) is 18.1 Å². The van der Waals surface area contributed by atoms with Crippen LogP contribution in [0.2, 0.25) is 5.02 Å². The van der Waals surface area contributed by atoms with Gasteiger partial charge in [-0.25, -0.2) is 12.7 Å². The Kier molecular flexibility index (Phi) is 5.07. The van der Waals surface area contributed by atoms with Gasteiger partial charge in [-0.05, 0) is 42.9 Å². The van der Waals surface area contributed by atoms with Gasteiger partial charge in [-0.2, -0.15) is 0 Å². The summed E-state index contributed by atoms with van der Waals surface area (Å²) in [5, 5.41) is 10.9. The lowest BCUT2D eigenvalue weighted by Crippen LogP contribution is -2.39. The molecule has 1 N–H and O–H groups in total. The van der Waals surface area contributed by atoms with E-state index in [0.717, 1.165) is 18.4 Å². The Labute approximate surface area is 125 Å². The SMILES string of the molecule is CS(=O)(=O)N1CCCC(CC(O)c2ccc(Cl)cc2)C1. The third-order valence-corrected chi connectivity index (χ3v) is 5.28. The van der Waals surface area contributed by atoms with Gasteiger partial charge in [0.2, 0.25) is 10.0 Å². The van der Waals surface area contributed by atoms with Crippen LogP contribution in [0.25, 0.3) is 0 Å². The summed E-state index contributed by atoms with van der Waals surface area (Å²) >= 11 is 5.82. The van der Waals surface area contributed by atoms with Crippen LogP contribution in [0.5, 0.6) is 0 Å². The van der Waals surface area contributed by atoms with Crippen LogP contribution in [-0.4, -0.2) is 37.2 Å². The number of piperidine rings is 1. The van der Waals surface area contributed by atoms with Crippen LogP contribution < -0.4 is 0 Å². The first-order valence-electron chi connectivity index (χ1n) is 6.75. The van der Waals surface area contributed by atoms with E-state index in [1.807, 2.05) is 12.1 Å². The topological polar surface area (TPSA) is 57.6 Å². The Morgan fingerprint density at radius 2 is 2.05 bits per heavy atom. The highest BCUT2D eigenvalue weighted by molar-refractivity contribution is 7.88. The minimum absolute atomic E-state index is 0.198. The largest absolute Gasteiger partial charge is 0.388 e. The molecule has 0 spiro atoms. The highest BCUT2D eigenvalue weighted by Gasteiger charge is 2.27. The molecule has 0 radical (unpaired) electrons. The van der Waals surface area contributed by atoms with Crippen molar-refractivity contribution in [2.24, 2.45) is 5.92 Å². The van der Waals surface area contributed by atoms with Gasteiger partial charge in [0.1, 0.15) is 0 Å². The summed E-state index contributed by atoms with van der Waals surface area (Å²) < 4.78 is 24.7. The number of halogens is 1. The molecule has 2 rings (SSSR count). The first-order valence-corrected chi connectivity index (χ1v) is 8.97. The Morgan fingerprint density at radius 1 is 1.40 bits per heavy atom. The molecular formula is C14H20ClNO3S. The van der Waals surface area contributed by atoms with Crippen LogP contribution in [-0.2, 0) is 10.0 Å². The van der Waals surface area contributed by atoms with E-state index in [0.29, 0.717) is 24.5 Å². The lowest BCUT2D eigenvalue weighted by atomic mass is 9.91. The van der Waals surface area contributed by atoms with Crippen molar-refractivity contribution in [1.29, 1.82) is 0 Å². The molecule has 0 aliphatic carbocycles. The molecule has 112 valence electrons. The summed E-state index contributed by atoms with van der Waals surface area (Å²) in [4.78, 5) is 0. The third-order valence-electron chi connectivity index (χ3n) is 3.76. The fourth-order valence-electron chi connectivity index (χ4n) is 2.66. The zero-order chi connectivity index (χ0) is 14.8. The van der Waals surface area contributed by atoms with Gasteiger partial charge < -0.3 is 5.11 Å². The fraction of sp³-hybridized carbons (Fsp3) is 0.571. The van der Waals surface area contributed by atoms with Crippen molar-refractivity contribution in [1.82, 2.24) is 4.31 Å². The number of benzene rings is 1. The number of aliphatic hydroxyl groups is 1. The van der Waals surface area contributed by atoms with E-state index in [1.54, 1.807) is 12.1 Å². The van der Waals surface area contributed by atoms with Crippen LogP contribution in [0, 0.1) is 5.92 Å². The van der Waals surface area contributed by atoms with Crippen molar-refractivity contribution in [3.63, 3.8) is 0 Å². The average Bonchev–Trinajstić information content (AvgIpc) is 2.38. The molecule has 1 heterocycles. The second-order valence-corrected chi connectivity index (χ2v) is 7.85. The first kappa shape index (κ1) is 15.8. The molecule has 1 aromatic rings. The van der Waals surface area contributed by atoms with E-state index in [-0.39, 0.29) is 5.92 Å². The quantitative estimate of drug-likeness (QED) is 0.928. The summed E-state index contributed by atoms with van der Waals surface area (Å²) in [6.45, 7) is 1.09. The predicted molar refractivity (Wildman–Crippen MR) is 80.2 cm³/mol. The minimum Gasteiger partial charge on any atom is -0.388 e. The van der Waals surface area contributed by atoms with Gasteiger partial charge in [0.05, 0.1) is 12.4 Å². The zero-order valence-corrected chi connectivity index (χ0v) is 13.1. The Bertz CT molecular complexity index is 544. The maximum Gasteiger partial charge on any atom is 0.211 e. The number of nitrogens with zero attached hydrogens (tertiary/aromatic N) is 1. The molecule has 1 aliphatic heterocycles. The van der Waals surface area contributed by atoms with Crippen molar-refractivity contribution in [2.75, 3.05) is 19.3 Å². The Morgan fingerprint density at radius 3 is 2.65 bits per heavy atom. The van der Waals surface area contributed by atoms with Gasteiger partial charge in [-0.15, -0.1) is 0 Å². The summed E-state index contributed by atoms with van der Waals surface area (Å²) in [7, 11) is -3.13. The van der Waals surface area contributed by atoms with Crippen molar-refractivity contribution in [2.45, 2.75) is 25.4 Å². The number of hydrogen-bond donors (Lipinski definition) is 1.